The molecule has 12 heteroatoms. The number of anilines is 1. The number of hydrogen-bond acceptors (Lipinski definition) is 4. The van der Waals surface area contributed by atoms with Crippen molar-refractivity contribution in [3.8, 4) is 11.6 Å². The second-order valence-electron chi connectivity index (χ2n) is 5.50. The van der Waals surface area contributed by atoms with Gasteiger partial charge < -0.3 is 10.1 Å². The van der Waals surface area contributed by atoms with Gasteiger partial charge in [-0.1, -0.05) is 0 Å². The first-order chi connectivity index (χ1) is 13.6. The maximum atomic E-state index is 13.5. The van der Waals surface area contributed by atoms with E-state index < -0.39 is 36.2 Å². The molecule has 3 rings (SSSR count). The molecule has 0 spiro atoms. The van der Waals surface area contributed by atoms with Crippen molar-refractivity contribution in [1.82, 2.24) is 14.8 Å². The smallest absolute Gasteiger partial charge is 0.417 e. The zero-order valence-electron chi connectivity index (χ0n) is 14.1. The van der Waals surface area contributed by atoms with E-state index >= 15 is 0 Å². The first kappa shape index (κ1) is 20.2. The van der Waals surface area contributed by atoms with Gasteiger partial charge in [0.25, 0.3) is 5.91 Å². The lowest BCUT2D eigenvalue weighted by Gasteiger charge is -2.10. The van der Waals surface area contributed by atoms with Crippen LogP contribution in [0.25, 0.3) is 5.69 Å². The van der Waals surface area contributed by atoms with Crippen LogP contribution < -0.4 is 10.1 Å². The average Bonchev–Trinajstić information content (AvgIpc) is 3.06. The zero-order chi connectivity index (χ0) is 21.2. The van der Waals surface area contributed by atoms with Gasteiger partial charge in [0.05, 0.1) is 11.3 Å². The van der Waals surface area contributed by atoms with E-state index in [4.69, 9.17) is 0 Å². The zero-order valence-corrected chi connectivity index (χ0v) is 14.1. The Morgan fingerprint density at radius 3 is 2.41 bits per heavy atom. The van der Waals surface area contributed by atoms with Crippen LogP contribution in [-0.4, -0.2) is 27.3 Å². The van der Waals surface area contributed by atoms with Crippen molar-refractivity contribution in [2.45, 2.75) is 12.8 Å². The molecule has 6 nitrogen and oxygen atoms in total. The summed E-state index contributed by atoms with van der Waals surface area (Å²) in [7, 11) is 0. The molecule has 0 radical (unpaired) electrons. The van der Waals surface area contributed by atoms with E-state index in [0.717, 1.165) is 0 Å². The minimum Gasteiger partial charge on any atom is -0.417 e. The Morgan fingerprint density at radius 1 is 1.14 bits per heavy atom. The number of hydrogen-bond donors (Lipinski definition) is 1. The molecule has 0 saturated heterocycles. The van der Waals surface area contributed by atoms with Gasteiger partial charge in [0.2, 0.25) is 11.8 Å². The largest absolute Gasteiger partial charge is 0.435 e. The van der Waals surface area contributed by atoms with Crippen molar-refractivity contribution in [2.75, 3.05) is 5.32 Å². The van der Waals surface area contributed by atoms with E-state index in [1.165, 1.54) is 42.6 Å². The Kier molecular flexibility index (Phi) is 5.43. The van der Waals surface area contributed by atoms with Gasteiger partial charge in [-0.3, -0.25) is 4.79 Å². The van der Waals surface area contributed by atoms with Crippen molar-refractivity contribution in [2.24, 2.45) is 0 Å². The Hall–Kier alpha value is -3.57. The molecular weight excluding hydrogens is 406 g/mol. The number of carbonyl (C=O) groups is 1. The number of rotatable bonds is 5. The molecule has 0 aliphatic rings. The van der Waals surface area contributed by atoms with Crippen LogP contribution >= 0.6 is 0 Å². The number of halogens is 6. The van der Waals surface area contributed by atoms with Crippen molar-refractivity contribution >= 4 is 11.6 Å². The predicted octanol–water partition coefficient (Wildman–Crippen LogP) is 4.28. The van der Waals surface area contributed by atoms with Crippen LogP contribution in [0.4, 0.5) is 32.0 Å². The SMILES string of the molecule is O=C(Nc1ccc(-n2nc(C(F)(F)F)cc2OC(F)F)cc1)c1cccnc1F. The third kappa shape index (κ3) is 4.65. The van der Waals surface area contributed by atoms with Crippen LogP contribution in [0.2, 0.25) is 0 Å². The molecule has 0 fully saturated rings. The monoisotopic (exact) mass is 416 g/mol. The Labute approximate surface area is 158 Å². The molecule has 29 heavy (non-hydrogen) atoms. The van der Waals surface area contributed by atoms with Crippen molar-refractivity contribution < 1.29 is 35.9 Å². The van der Waals surface area contributed by atoms with Gasteiger partial charge in [-0.25, -0.2) is 9.67 Å². The highest BCUT2D eigenvalue weighted by Gasteiger charge is 2.36. The standard InChI is InChI=1S/C17H10F6N4O2/c18-14-11(2-1-7-24-14)15(28)25-9-3-5-10(6-4-9)27-13(29-16(19)20)8-12(26-27)17(21,22)23/h1-8,16H,(H,25,28). The summed E-state index contributed by atoms with van der Waals surface area (Å²) in [6, 6.07) is 7.86. The van der Waals surface area contributed by atoms with Crippen LogP contribution in [0.5, 0.6) is 5.88 Å². The summed E-state index contributed by atoms with van der Waals surface area (Å²) in [5, 5.41) is 5.62. The van der Waals surface area contributed by atoms with Crippen molar-refractivity contribution in [3.63, 3.8) is 0 Å². The quantitative estimate of drug-likeness (QED) is 0.498. The Morgan fingerprint density at radius 2 is 1.83 bits per heavy atom. The highest BCUT2D eigenvalue weighted by molar-refractivity contribution is 6.04. The van der Waals surface area contributed by atoms with Gasteiger partial charge in [-0.15, -0.1) is 0 Å². The lowest BCUT2D eigenvalue weighted by molar-refractivity contribution is -0.141. The molecule has 0 bridgehead atoms. The van der Waals surface area contributed by atoms with Gasteiger partial charge >= 0.3 is 12.8 Å². The lowest BCUT2D eigenvalue weighted by atomic mass is 10.2. The molecule has 1 N–H and O–H groups in total. The summed E-state index contributed by atoms with van der Waals surface area (Å²) in [5.74, 6) is -2.60. The molecule has 2 aromatic heterocycles. The molecular formula is C17H10F6N4O2. The van der Waals surface area contributed by atoms with E-state index in [1.807, 2.05) is 0 Å². The normalized spacial score (nSPS) is 11.6. The highest BCUT2D eigenvalue weighted by Crippen LogP contribution is 2.32. The van der Waals surface area contributed by atoms with Gasteiger partial charge in [-0.2, -0.15) is 31.4 Å². The molecule has 0 unspecified atom stereocenters. The number of carbonyl (C=O) groups excluding carboxylic acids is 1. The maximum absolute atomic E-state index is 13.5. The predicted molar refractivity (Wildman–Crippen MR) is 87.3 cm³/mol. The fourth-order valence-electron chi connectivity index (χ4n) is 2.30. The van der Waals surface area contributed by atoms with Crippen LogP contribution in [0.1, 0.15) is 16.1 Å². The second kappa shape index (κ2) is 7.81. The van der Waals surface area contributed by atoms with E-state index in [9.17, 15) is 31.1 Å². The highest BCUT2D eigenvalue weighted by atomic mass is 19.4. The van der Waals surface area contributed by atoms with Crippen molar-refractivity contribution in [1.29, 1.82) is 0 Å². The fraction of sp³-hybridized carbons (Fsp3) is 0.118. The number of nitrogens with zero attached hydrogens (tertiary/aromatic N) is 3. The summed E-state index contributed by atoms with van der Waals surface area (Å²) in [6.45, 7) is -3.36. The fourth-order valence-corrected chi connectivity index (χ4v) is 2.30. The number of benzene rings is 1. The molecule has 0 atom stereocenters. The first-order valence-corrected chi connectivity index (χ1v) is 7.79. The molecule has 2 heterocycles. The first-order valence-electron chi connectivity index (χ1n) is 7.79. The van der Waals surface area contributed by atoms with Gasteiger partial charge in [0.1, 0.15) is 0 Å². The van der Waals surface area contributed by atoms with Gasteiger partial charge in [0.15, 0.2) is 5.69 Å². The van der Waals surface area contributed by atoms with Crippen LogP contribution in [0, 0.1) is 5.95 Å². The van der Waals surface area contributed by atoms with Crippen LogP contribution in [-0.2, 0) is 6.18 Å². The number of alkyl halides is 5. The molecule has 0 aliphatic heterocycles. The Balaban J connectivity index is 1.85. The van der Waals surface area contributed by atoms with E-state index in [2.05, 4.69) is 20.1 Å². The number of nitrogens with one attached hydrogen (secondary N) is 1. The van der Waals surface area contributed by atoms with E-state index in [0.29, 0.717) is 10.7 Å². The minimum atomic E-state index is -4.87. The summed E-state index contributed by atoms with van der Waals surface area (Å²) < 4.78 is 81.7. The molecule has 0 aliphatic carbocycles. The minimum absolute atomic E-state index is 0.0401. The molecule has 152 valence electrons. The molecule has 1 aromatic carbocycles. The Bertz CT molecular complexity index is 1020. The average molecular weight is 416 g/mol. The van der Waals surface area contributed by atoms with Crippen LogP contribution in [0.3, 0.4) is 0 Å². The molecule has 1 amide bonds. The van der Waals surface area contributed by atoms with Crippen LogP contribution in [0.15, 0.2) is 48.7 Å². The summed E-state index contributed by atoms with van der Waals surface area (Å²) in [4.78, 5) is 15.4. The number of amides is 1. The number of pyridine rings is 1. The number of ether oxygens (including phenoxy) is 1. The lowest BCUT2D eigenvalue weighted by Crippen LogP contribution is -2.14. The molecule has 3 aromatic rings. The van der Waals surface area contributed by atoms with Gasteiger partial charge in [-0.05, 0) is 36.4 Å². The number of aromatic nitrogens is 3. The summed E-state index contributed by atoms with van der Waals surface area (Å²) in [5.41, 5.74) is -1.60. The molecule has 0 saturated carbocycles. The third-order valence-electron chi connectivity index (χ3n) is 3.55. The maximum Gasteiger partial charge on any atom is 0.435 e. The summed E-state index contributed by atoms with van der Waals surface area (Å²) in [6.07, 6.45) is -3.70. The van der Waals surface area contributed by atoms with E-state index in [1.54, 1.807) is 0 Å². The third-order valence-corrected chi connectivity index (χ3v) is 3.55. The van der Waals surface area contributed by atoms with Crippen molar-refractivity contribution in [3.05, 3.63) is 65.9 Å². The van der Waals surface area contributed by atoms with Gasteiger partial charge in [0, 0.05) is 18.0 Å². The second-order valence-corrected chi connectivity index (χ2v) is 5.50. The summed E-state index contributed by atoms with van der Waals surface area (Å²) >= 11 is 0. The van der Waals surface area contributed by atoms with E-state index in [-0.39, 0.29) is 16.9 Å². The topological polar surface area (TPSA) is 69.0 Å².